The predicted octanol–water partition coefficient (Wildman–Crippen LogP) is 3.32. The third-order valence-corrected chi connectivity index (χ3v) is 5.11. The van der Waals surface area contributed by atoms with Gasteiger partial charge >= 0.3 is 18.2 Å². The molecule has 192 valence electrons. The van der Waals surface area contributed by atoms with Crippen LogP contribution in [0.4, 0.5) is 23.7 Å². The van der Waals surface area contributed by atoms with Gasteiger partial charge in [0.15, 0.2) is 5.69 Å². The summed E-state index contributed by atoms with van der Waals surface area (Å²) in [7, 11) is 0. The smallest absolute Gasteiger partial charge is 0.416 e. The van der Waals surface area contributed by atoms with Crippen LogP contribution in [0.1, 0.15) is 56.4 Å². The standard InChI is InChI=1S/C23H30F3N5O4/c1-13(27)9-29(10-14(2)32)21(34)30-11-18-19(20(33)35-22(3,4)5)28-12-31(18)16-7-6-15(8-17(16)30)23(24,25)26/h6-8,12-14,32H,9-11,27H2,1-5H3/t13-,14-/m0/s1. The number of aliphatic hydroxyl groups excluding tert-OH is 1. The number of hydrogen-bond donors (Lipinski definition) is 2. The molecule has 2 heterocycles. The van der Waals surface area contributed by atoms with Crippen molar-refractivity contribution in [3.05, 3.63) is 41.5 Å². The molecule has 1 aliphatic rings. The fourth-order valence-electron chi connectivity index (χ4n) is 3.82. The molecule has 1 aromatic heterocycles. The van der Waals surface area contributed by atoms with Gasteiger partial charge in [0.25, 0.3) is 0 Å². The second-order valence-electron chi connectivity index (χ2n) is 9.71. The van der Waals surface area contributed by atoms with Crippen LogP contribution in [-0.2, 0) is 17.5 Å². The summed E-state index contributed by atoms with van der Waals surface area (Å²) in [6.45, 7) is 7.98. The Morgan fingerprint density at radius 2 is 1.86 bits per heavy atom. The highest BCUT2D eigenvalue weighted by molar-refractivity contribution is 5.97. The number of nitrogens with two attached hydrogens (primary N) is 1. The third kappa shape index (κ3) is 5.93. The number of urea groups is 1. The van der Waals surface area contributed by atoms with E-state index in [4.69, 9.17) is 10.5 Å². The quantitative estimate of drug-likeness (QED) is 0.613. The molecule has 35 heavy (non-hydrogen) atoms. The molecule has 0 radical (unpaired) electrons. The first-order chi connectivity index (χ1) is 16.1. The lowest BCUT2D eigenvalue weighted by Gasteiger charge is -2.36. The van der Waals surface area contributed by atoms with Gasteiger partial charge in [0.05, 0.1) is 35.3 Å². The van der Waals surface area contributed by atoms with Crippen molar-refractivity contribution in [2.24, 2.45) is 5.73 Å². The molecular formula is C23H30F3N5O4. The van der Waals surface area contributed by atoms with Gasteiger partial charge in [-0.2, -0.15) is 13.2 Å². The van der Waals surface area contributed by atoms with Crippen LogP contribution in [0.15, 0.2) is 24.5 Å². The Kier molecular flexibility index (Phi) is 7.19. The van der Waals surface area contributed by atoms with Crippen LogP contribution >= 0.6 is 0 Å². The molecule has 12 heteroatoms. The maximum absolute atomic E-state index is 13.6. The Balaban J connectivity index is 2.14. The Hall–Kier alpha value is -3.12. The molecule has 0 saturated heterocycles. The molecular weight excluding hydrogens is 467 g/mol. The molecule has 2 aromatic rings. The van der Waals surface area contributed by atoms with Crippen LogP contribution in [0.3, 0.4) is 0 Å². The minimum atomic E-state index is -4.63. The predicted molar refractivity (Wildman–Crippen MR) is 122 cm³/mol. The Labute approximate surface area is 201 Å². The number of fused-ring (bicyclic) bond motifs is 3. The van der Waals surface area contributed by atoms with Crippen molar-refractivity contribution in [2.45, 2.75) is 65.1 Å². The van der Waals surface area contributed by atoms with Crippen LogP contribution in [0.25, 0.3) is 5.69 Å². The van der Waals surface area contributed by atoms with Crippen LogP contribution in [0.5, 0.6) is 0 Å². The molecule has 1 aromatic carbocycles. The fourth-order valence-corrected chi connectivity index (χ4v) is 3.82. The summed E-state index contributed by atoms with van der Waals surface area (Å²) in [5, 5.41) is 9.90. The minimum absolute atomic E-state index is 0.00858. The van der Waals surface area contributed by atoms with E-state index in [1.807, 2.05) is 0 Å². The van der Waals surface area contributed by atoms with Gasteiger partial charge in [-0.25, -0.2) is 14.6 Å². The number of amides is 2. The van der Waals surface area contributed by atoms with Crippen molar-refractivity contribution < 1.29 is 32.6 Å². The number of aromatic nitrogens is 2. The second kappa shape index (κ2) is 9.50. The number of halogens is 3. The largest absolute Gasteiger partial charge is 0.455 e. The summed E-state index contributed by atoms with van der Waals surface area (Å²) in [6.07, 6.45) is -4.21. The lowest BCUT2D eigenvalue weighted by molar-refractivity contribution is -0.137. The molecule has 0 fully saturated rings. The molecule has 0 saturated carbocycles. The van der Waals surface area contributed by atoms with E-state index in [0.717, 1.165) is 17.0 Å². The highest BCUT2D eigenvalue weighted by atomic mass is 19.4. The van der Waals surface area contributed by atoms with Gasteiger partial charge in [-0.1, -0.05) is 0 Å². The van der Waals surface area contributed by atoms with Gasteiger partial charge in [0.2, 0.25) is 0 Å². The van der Waals surface area contributed by atoms with E-state index in [9.17, 15) is 27.9 Å². The molecule has 0 aliphatic carbocycles. The normalized spacial score (nSPS) is 15.2. The topological polar surface area (TPSA) is 114 Å². The van der Waals surface area contributed by atoms with Crippen LogP contribution in [0, 0.1) is 0 Å². The number of carbonyl (C=O) groups is 2. The van der Waals surface area contributed by atoms with Gasteiger partial charge in [-0.05, 0) is 52.8 Å². The molecule has 2 amide bonds. The zero-order valence-electron chi connectivity index (χ0n) is 20.3. The number of alkyl halides is 3. The summed E-state index contributed by atoms with van der Waals surface area (Å²) in [6, 6.07) is 1.90. The molecule has 1 aliphatic heterocycles. The van der Waals surface area contributed by atoms with Crippen molar-refractivity contribution in [2.75, 3.05) is 18.0 Å². The fraction of sp³-hybridized carbons (Fsp3) is 0.522. The lowest BCUT2D eigenvalue weighted by Crippen LogP contribution is -2.50. The lowest BCUT2D eigenvalue weighted by atomic mass is 10.1. The van der Waals surface area contributed by atoms with E-state index < -0.39 is 41.5 Å². The number of aliphatic hydroxyl groups is 1. The van der Waals surface area contributed by atoms with Crippen molar-refractivity contribution in [3.8, 4) is 5.69 Å². The summed E-state index contributed by atoms with van der Waals surface area (Å²) < 4.78 is 47.4. The summed E-state index contributed by atoms with van der Waals surface area (Å²) in [4.78, 5) is 32.9. The van der Waals surface area contributed by atoms with Crippen molar-refractivity contribution in [1.82, 2.24) is 14.5 Å². The van der Waals surface area contributed by atoms with Crippen molar-refractivity contribution in [3.63, 3.8) is 0 Å². The van der Waals surface area contributed by atoms with E-state index in [1.165, 1.54) is 28.8 Å². The first kappa shape index (κ1) is 26.5. The van der Waals surface area contributed by atoms with Crippen molar-refractivity contribution in [1.29, 1.82) is 0 Å². The average Bonchev–Trinajstić information content (AvgIpc) is 3.13. The monoisotopic (exact) mass is 497 g/mol. The van der Waals surface area contributed by atoms with E-state index in [1.54, 1.807) is 27.7 Å². The number of imidazole rings is 1. The van der Waals surface area contributed by atoms with Gasteiger partial charge in [0.1, 0.15) is 11.9 Å². The average molecular weight is 498 g/mol. The number of anilines is 1. The van der Waals surface area contributed by atoms with E-state index in [2.05, 4.69) is 4.98 Å². The molecule has 9 nitrogen and oxygen atoms in total. The molecule has 0 unspecified atom stereocenters. The SMILES string of the molecule is C[C@H](N)CN(C[C@H](C)O)C(=O)N1Cc2c(C(=O)OC(C)(C)C)ncn2-c2ccc(C(F)(F)F)cc21. The molecule has 3 N–H and O–H groups in total. The van der Waals surface area contributed by atoms with Gasteiger partial charge < -0.3 is 20.5 Å². The summed E-state index contributed by atoms with van der Waals surface area (Å²) >= 11 is 0. The van der Waals surface area contributed by atoms with E-state index in [0.29, 0.717) is 0 Å². The number of nitrogens with zero attached hydrogens (tertiary/aromatic N) is 4. The number of rotatable bonds is 5. The Bertz CT molecular complexity index is 1100. The van der Waals surface area contributed by atoms with Crippen LogP contribution in [-0.4, -0.2) is 62.4 Å². The number of esters is 1. The van der Waals surface area contributed by atoms with Gasteiger partial charge in [0, 0.05) is 19.1 Å². The highest BCUT2D eigenvalue weighted by Crippen LogP contribution is 2.39. The maximum atomic E-state index is 13.6. The zero-order valence-corrected chi connectivity index (χ0v) is 20.3. The number of hydrogen-bond acceptors (Lipinski definition) is 6. The maximum Gasteiger partial charge on any atom is 0.416 e. The molecule has 2 atom stereocenters. The highest BCUT2D eigenvalue weighted by Gasteiger charge is 2.38. The van der Waals surface area contributed by atoms with E-state index >= 15 is 0 Å². The Morgan fingerprint density at radius 1 is 1.20 bits per heavy atom. The summed E-state index contributed by atoms with van der Waals surface area (Å²) in [5.74, 6) is -0.717. The number of benzene rings is 1. The molecule has 3 rings (SSSR count). The number of ether oxygens (including phenoxy) is 1. The van der Waals surface area contributed by atoms with E-state index in [-0.39, 0.29) is 42.4 Å². The first-order valence-electron chi connectivity index (χ1n) is 11.1. The minimum Gasteiger partial charge on any atom is -0.455 e. The number of carbonyl (C=O) groups excluding carboxylic acids is 2. The second-order valence-corrected chi connectivity index (χ2v) is 9.71. The van der Waals surface area contributed by atoms with Gasteiger partial charge in [-0.3, -0.25) is 9.47 Å². The molecule has 0 bridgehead atoms. The van der Waals surface area contributed by atoms with Gasteiger partial charge in [-0.15, -0.1) is 0 Å². The third-order valence-electron chi connectivity index (χ3n) is 5.11. The first-order valence-corrected chi connectivity index (χ1v) is 11.1. The van der Waals surface area contributed by atoms with Crippen LogP contribution < -0.4 is 10.6 Å². The van der Waals surface area contributed by atoms with Crippen LogP contribution in [0.2, 0.25) is 0 Å². The van der Waals surface area contributed by atoms with Crippen molar-refractivity contribution >= 4 is 17.7 Å². The zero-order chi connectivity index (χ0) is 26.3. The summed E-state index contributed by atoms with van der Waals surface area (Å²) in [5.41, 5.74) is 4.62. The Morgan fingerprint density at radius 3 is 2.40 bits per heavy atom. The molecule has 0 spiro atoms.